The lowest BCUT2D eigenvalue weighted by molar-refractivity contribution is 0.340. The standard InChI is InChI=1S/C30H23N5O3S/c1-2-38-24-15-13-21(14-16-24)27-22(19-34(33-27)23-11-7-4-8-12-23)18-26-29(37)35-30(39-26)31-28(36)25(32-35)17-20-9-5-3-6-10-20/h3-16,18-19H,2,17H2,1H3/b26-18-. The van der Waals surface area contributed by atoms with Crippen LogP contribution in [-0.4, -0.2) is 31.0 Å². The Balaban J connectivity index is 1.47. The fourth-order valence-corrected chi connectivity index (χ4v) is 5.18. The molecule has 6 aromatic rings. The Bertz CT molecular complexity index is 1930. The van der Waals surface area contributed by atoms with Crippen molar-refractivity contribution in [3.8, 4) is 22.7 Å². The third-order valence-electron chi connectivity index (χ3n) is 6.15. The monoisotopic (exact) mass is 533 g/mol. The second kappa shape index (κ2) is 10.5. The molecule has 0 atom stereocenters. The van der Waals surface area contributed by atoms with Gasteiger partial charge in [0, 0.05) is 23.7 Å². The molecule has 3 heterocycles. The van der Waals surface area contributed by atoms with Gasteiger partial charge in [0.15, 0.2) is 0 Å². The summed E-state index contributed by atoms with van der Waals surface area (Å²) in [6, 6.07) is 27.0. The van der Waals surface area contributed by atoms with Gasteiger partial charge < -0.3 is 4.74 Å². The first-order chi connectivity index (χ1) is 19.1. The van der Waals surface area contributed by atoms with Crippen molar-refractivity contribution < 1.29 is 4.74 Å². The van der Waals surface area contributed by atoms with Crippen molar-refractivity contribution in [1.29, 1.82) is 0 Å². The Labute approximate surface area is 227 Å². The Morgan fingerprint density at radius 1 is 0.897 bits per heavy atom. The number of thiazole rings is 1. The summed E-state index contributed by atoms with van der Waals surface area (Å²) < 4.78 is 9.00. The molecule has 0 fully saturated rings. The number of aromatic nitrogens is 5. The van der Waals surface area contributed by atoms with Crippen molar-refractivity contribution in [2.75, 3.05) is 6.61 Å². The Morgan fingerprint density at radius 2 is 1.62 bits per heavy atom. The van der Waals surface area contributed by atoms with Gasteiger partial charge in [-0.2, -0.15) is 19.7 Å². The van der Waals surface area contributed by atoms with Crippen molar-refractivity contribution in [2.45, 2.75) is 13.3 Å². The summed E-state index contributed by atoms with van der Waals surface area (Å²) in [6.45, 7) is 2.52. The summed E-state index contributed by atoms with van der Waals surface area (Å²) in [6.07, 6.45) is 3.97. The molecule has 0 aliphatic carbocycles. The average molecular weight is 534 g/mol. The maximum absolute atomic E-state index is 13.4. The minimum Gasteiger partial charge on any atom is -0.494 e. The van der Waals surface area contributed by atoms with Crippen molar-refractivity contribution in [2.24, 2.45) is 0 Å². The molecule has 192 valence electrons. The van der Waals surface area contributed by atoms with E-state index in [9.17, 15) is 9.59 Å². The van der Waals surface area contributed by atoms with Gasteiger partial charge in [-0.3, -0.25) is 9.59 Å². The summed E-state index contributed by atoms with van der Waals surface area (Å²) in [7, 11) is 0. The van der Waals surface area contributed by atoms with Gasteiger partial charge in [-0.1, -0.05) is 59.9 Å². The highest BCUT2D eigenvalue weighted by molar-refractivity contribution is 7.15. The van der Waals surface area contributed by atoms with Crippen LogP contribution in [0.15, 0.2) is 101 Å². The van der Waals surface area contributed by atoms with E-state index in [1.54, 1.807) is 10.8 Å². The molecule has 0 amide bonds. The lowest BCUT2D eigenvalue weighted by Crippen LogP contribution is -2.28. The number of hydrogen-bond acceptors (Lipinski definition) is 7. The van der Waals surface area contributed by atoms with E-state index in [0.29, 0.717) is 23.3 Å². The predicted octanol–water partition coefficient (Wildman–Crippen LogP) is 3.90. The van der Waals surface area contributed by atoms with Gasteiger partial charge >= 0.3 is 0 Å². The Kier molecular flexibility index (Phi) is 6.56. The number of hydrogen-bond donors (Lipinski definition) is 0. The van der Waals surface area contributed by atoms with Gasteiger partial charge in [-0.15, -0.1) is 0 Å². The molecule has 0 aliphatic rings. The van der Waals surface area contributed by atoms with Gasteiger partial charge in [0.1, 0.15) is 17.1 Å². The molecule has 0 aliphatic heterocycles. The van der Waals surface area contributed by atoms with Crippen LogP contribution in [0, 0.1) is 0 Å². The van der Waals surface area contributed by atoms with Crippen LogP contribution >= 0.6 is 11.3 Å². The number of benzene rings is 3. The van der Waals surface area contributed by atoms with E-state index < -0.39 is 5.56 Å². The molecule has 0 unspecified atom stereocenters. The molecule has 0 saturated heterocycles. The Morgan fingerprint density at radius 3 is 2.33 bits per heavy atom. The van der Waals surface area contributed by atoms with Gasteiger partial charge in [-0.05, 0) is 55.0 Å². The maximum Gasteiger partial charge on any atom is 0.296 e. The maximum atomic E-state index is 13.4. The van der Waals surface area contributed by atoms with Crippen molar-refractivity contribution >= 4 is 22.4 Å². The molecular formula is C30H23N5O3S. The van der Waals surface area contributed by atoms with E-state index in [0.717, 1.165) is 39.5 Å². The molecule has 0 radical (unpaired) electrons. The zero-order valence-electron chi connectivity index (χ0n) is 21.0. The fourth-order valence-electron chi connectivity index (χ4n) is 4.29. The number of rotatable bonds is 7. The molecule has 0 saturated carbocycles. The number of ether oxygens (including phenoxy) is 1. The van der Waals surface area contributed by atoms with Crippen molar-refractivity contribution in [3.05, 3.63) is 133 Å². The lowest BCUT2D eigenvalue weighted by Gasteiger charge is -2.04. The minimum atomic E-state index is -0.432. The van der Waals surface area contributed by atoms with Crippen LogP contribution in [0.5, 0.6) is 5.75 Å². The van der Waals surface area contributed by atoms with Crippen LogP contribution in [0.2, 0.25) is 0 Å². The highest BCUT2D eigenvalue weighted by atomic mass is 32.1. The van der Waals surface area contributed by atoms with Gasteiger partial charge in [-0.25, -0.2) is 4.68 Å². The number of fused-ring (bicyclic) bond motifs is 1. The first kappa shape index (κ1) is 24.4. The first-order valence-electron chi connectivity index (χ1n) is 12.5. The van der Waals surface area contributed by atoms with Crippen LogP contribution in [0.4, 0.5) is 0 Å². The van der Waals surface area contributed by atoms with Crippen LogP contribution < -0.4 is 20.4 Å². The van der Waals surface area contributed by atoms with E-state index in [1.165, 1.54) is 4.52 Å². The van der Waals surface area contributed by atoms with Gasteiger partial charge in [0.25, 0.3) is 11.1 Å². The average Bonchev–Trinajstić information content (AvgIpc) is 3.51. The van der Waals surface area contributed by atoms with Crippen molar-refractivity contribution in [1.82, 2.24) is 24.4 Å². The zero-order chi connectivity index (χ0) is 26.8. The van der Waals surface area contributed by atoms with Gasteiger partial charge in [0.05, 0.1) is 16.8 Å². The molecule has 6 rings (SSSR count). The summed E-state index contributed by atoms with van der Waals surface area (Å²) in [5.74, 6) is 0.772. The predicted molar refractivity (Wildman–Crippen MR) is 152 cm³/mol. The van der Waals surface area contributed by atoms with E-state index in [-0.39, 0.29) is 16.2 Å². The molecule has 9 heteroatoms. The van der Waals surface area contributed by atoms with Crippen LogP contribution in [0.1, 0.15) is 23.7 Å². The second-order valence-corrected chi connectivity index (χ2v) is 9.82. The number of nitrogens with zero attached hydrogens (tertiary/aromatic N) is 5. The number of para-hydroxylation sites is 1. The highest BCUT2D eigenvalue weighted by Crippen LogP contribution is 2.26. The highest BCUT2D eigenvalue weighted by Gasteiger charge is 2.15. The van der Waals surface area contributed by atoms with Crippen LogP contribution in [0.25, 0.3) is 28.0 Å². The molecule has 0 N–H and O–H groups in total. The topological polar surface area (TPSA) is 91.4 Å². The lowest BCUT2D eigenvalue weighted by atomic mass is 10.1. The molecule has 0 bridgehead atoms. The fraction of sp³-hybridized carbons (Fsp3) is 0.100. The summed E-state index contributed by atoms with van der Waals surface area (Å²) >= 11 is 1.13. The second-order valence-electron chi connectivity index (χ2n) is 8.81. The van der Waals surface area contributed by atoms with Crippen LogP contribution in [-0.2, 0) is 6.42 Å². The van der Waals surface area contributed by atoms with E-state index in [4.69, 9.17) is 9.84 Å². The SMILES string of the molecule is CCOc1ccc(-c2nn(-c3ccccc3)cc2/C=c2\sc3nc(=O)c(Cc4ccccc4)nn3c2=O)cc1. The molecule has 0 spiro atoms. The van der Waals surface area contributed by atoms with Crippen LogP contribution in [0.3, 0.4) is 0 Å². The van der Waals surface area contributed by atoms with E-state index in [1.807, 2.05) is 98.0 Å². The van der Waals surface area contributed by atoms with Crippen molar-refractivity contribution in [3.63, 3.8) is 0 Å². The summed E-state index contributed by atoms with van der Waals surface area (Å²) in [5, 5.41) is 9.22. The smallest absolute Gasteiger partial charge is 0.296 e. The molecule has 3 aromatic heterocycles. The molecule has 8 nitrogen and oxygen atoms in total. The van der Waals surface area contributed by atoms with E-state index >= 15 is 0 Å². The van der Waals surface area contributed by atoms with E-state index in [2.05, 4.69) is 10.1 Å². The molecule has 39 heavy (non-hydrogen) atoms. The minimum absolute atomic E-state index is 0.229. The largest absolute Gasteiger partial charge is 0.494 e. The third kappa shape index (κ3) is 4.99. The summed E-state index contributed by atoms with van der Waals surface area (Å²) in [5.41, 5.74) is 3.61. The third-order valence-corrected chi connectivity index (χ3v) is 7.11. The first-order valence-corrected chi connectivity index (χ1v) is 13.3. The quantitative estimate of drug-likeness (QED) is 0.309. The zero-order valence-corrected chi connectivity index (χ0v) is 21.8. The Hall–Kier alpha value is -4.89. The molecular weight excluding hydrogens is 510 g/mol. The summed E-state index contributed by atoms with van der Waals surface area (Å²) in [4.78, 5) is 30.5. The molecule has 3 aromatic carbocycles. The van der Waals surface area contributed by atoms with Gasteiger partial charge in [0.2, 0.25) is 4.96 Å². The normalized spacial score (nSPS) is 11.8.